The van der Waals surface area contributed by atoms with Crippen LogP contribution in [0.4, 0.5) is 0 Å². The normalized spacial score (nSPS) is 11.1. The van der Waals surface area contributed by atoms with Gasteiger partial charge in [-0.25, -0.2) is 0 Å². The monoisotopic (exact) mass is 229 g/mol. The Labute approximate surface area is 95.2 Å². The molecule has 1 aromatic rings. The molecule has 1 aromatic heterocycles. The second kappa shape index (κ2) is 7.73. The number of nitrogens with one attached hydrogen (secondary N) is 1. The topological polar surface area (TPSA) is 47.0 Å². The van der Waals surface area contributed by atoms with Gasteiger partial charge in [-0.05, 0) is 44.8 Å². The number of ether oxygens (including phenoxy) is 1. The molecule has 1 N–H and O–H groups in total. The van der Waals surface area contributed by atoms with E-state index < -0.39 is 0 Å². The van der Waals surface area contributed by atoms with E-state index in [9.17, 15) is 0 Å². The molecule has 0 unspecified atom stereocenters. The summed E-state index contributed by atoms with van der Waals surface area (Å²) < 4.78 is 9.25. The average Bonchev–Trinajstić information content (AvgIpc) is 2.68. The molecular formula is C10H19N3OS. The molecule has 0 spiro atoms. The van der Waals surface area contributed by atoms with Crippen LogP contribution in [0.2, 0.25) is 0 Å². The Morgan fingerprint density at radius 3 is 3.00 bits per heavy atom. The number of aromatic nitrogens is 2. The molecule has 0 amide bonds. The molecule has 0 aliphatic carbocycles. The summed E-state index contributed by atoms with van der Waals surface area (Å²) in [5.74, 6) is 0. The number of hydrogen-bond acceptors (Lipinski definition) is 5. The highest BCUT2D eigenvalue weighted by Crippen LogP contribution is 1.97. The zero-order valence-corrected chi connectivity index (χ0v) is 10.2. The summed E-state index contributed by atoms with van der Waals surface area (Å²) in [6.45, 7) is 6.82. The van der Waals surface area contributed by atoms with E-state index in [0.717, 1.165) is 38.2 Å². The SMILES string of the molecule is CC(C)OCCCCNCc1csnn1. The van der Waals surface area contributed by atoms with Crippen molar-refractivity contribution < 1.29 is 4.74 Å². The van der Waals surface area contributed by atoms with Crippen molar-refractivity contribution in [3.05, 3.63) is 11.1 Å². The van der Waals surface area contributed by atoms with E-state index in [1.54, 1.807) is 0 Å². The van der Waals surface area contributed by atoms with Crippen LogP contribution in [-0.2, 0) is 11.3 Å². The Balaban J connectivity index is 1.85. The molecule has 0 saturated heterocycles. The minimum Gasteiger partial charge on any atom is -0.379 e. The van der Waals surface area contributed by atoms with Crippen LogP contribution in [0.25, 0.3) is 0 Å². The average molecular weight is 229 g/mol. The summed E-state index contributed by atoms with van der Waals surface area (Å²) in [5, 5.41) is 9.25. The highest BCUT2D eigenvalue weighted by atomic mass is 32.1. The third kappa shape index (κ3) is 6.54. The van der Waals surface area contributed by atoms with Crippen molar-refractivity contribution >= 4 is 11.5 Å². The van der Waals surface area contributed by atoms with E-state index in [0.29, 0.717) is 6.10 Å². The molecule has 0 aliphatic heterocycles. The van der Waals surface area contributed by atoms with Crippen molar-refractivity contribution in [1.82, 2.24) is 14.9 Å². The maximum absolute atomic E-state index is 5.45. The molecule has 4 nitrogen and oxygen atoms in total. The van der Waals surface area contributed by atoms with Gasteiger partial charge in [-0.3, -0.25) is 0 Å². The van der Waals surface area contributed by atoms with Gasteiger partial charge in [0.15, 0.2) is 0 Å². The molecule has 1 heterocycles. The summed E-state index contributed by atoms with van der Waals surface area (Å²) in [4.78, 5) is 0. The fraction of sp³-hybridized carbons (Fsp3) is 0.800. The van der Waals surface area contributed by atoms with Crippen LogP contribution in [0.1, 0.15) is 32.4 Å². The molecule has 5 heteroatoms. The lowest BCUT2D eigenvalue weighted by Crippen LogP contribution is -2.15. The fourth-order valence-corrected chi connectivity index (χ4v) is 1.60. The van der Waals surface area contributed by atoms with Crippen LogP contribution in [0.15, 0.2) is 5.38 Å². The zero-order valence-electron chi connectivity index (χ0n) is 9.40. The summed E-state index contributed by atoms with van der Waals surface area (Å²) in [6, 6.07) is 0. The van der Waals surface area contributed by atoms with Crippen LogP contribution in [0.3, 0.4) is 0 Å². The predicted molar refractivity (Wildman–Crippen MR) is 61.9 cm³/mol. The van der Waals surface area contributed by atoms with Gasteiger partial charge in [0.05, 0.1) is 11.8 Å². The maximum Gasteiger partial charge on any atom is 0.0893 e. The van der Waals surface area contributed by atoms with Gasteiger partial charge >= 0.3 is 0 Å². The van der Waals surface area contributed by atoms with Gasteiger partial charge in [0.25, 0.3) is 0 Å². The summed E-state index contributed by atoms with van der Waals surface area (Å²) in [6.07, 6.45) is 2.60. The first-order valence-electron chi connectivity index (χ1n) is 5.37. The van der Waals surface area contributed by atoms with Gasteiger partial charge in [0.2, 0.25) is 0 Å². The van der Waals surface area contributed by atoms with Crippen molar-refractivity contribution in [2.75, 3.05) is 13.2 Å². The van der Waals surface area contributed by atoms with Crippen molar-refractivity contribution in [1.29, 1.82) is 0 Å². The van der Waals surface area contributed by atoms with E-state index in [-0.39, 0.29) is 0 Å². The Hall–Kier alpha value is -0.520. The molecule has 0 atom stereocenters. The quantitative estimate of drug-likeness (QED) is 0.691. The number of rotatable bonds is 8. The lowest BCUT2D eigenvalue weighted by Gasteiger charge is -2.07. The minimum atomic E-state index is 0.346. The van der Waals surface area contributed by atoms with E-state index >= 15 is 0 Å². The smallest absolute Gasteiger partial charge is 0.0893 e. The Kier molecular flexibility index (Phi) is 6.47. The molecule has 1 rings (SSSR count). The largest absolute Gasteiger partial charge is 0.379 e. The fourth-order valence-electron chi connectivity index (χ4n) is 1.15. The molecule has 0 bridgehead atoms. The molecule has 0 aromatic carbocycles. The predicted octanol–water partition coefficient (Wildman–Crippen LogP) is 1.83. The summed E-state index contributed by atoms with van der Waals surface area (Å²) in [7, 11) is 0. The number of hydrogen-bond donors (Lipinski definition) is 1. The second-order valence-corrected chi connectivity index (χ2v) is 4.31. The molecule has 0 fully saturated rings. The van der Waals surface area contributed by atoms with Crippen LogP contribution in [-0.4, -0.2) is 28.8 Å². The van der Waals surface area contributed by atoms with E-state index in [1.807, 2.05) is 5.38 Å². The molecule has 0 aliphatic rings. The van der Waals surface area contributed by atoms with Crippen LogP contribution in [0.5, 0.6) is 0 Å². The van der Waals surface area contributed by atoms with Gasteiger partial charge in [-0.1, -0.05) is 4.49 Å². The van der Waals surface area contributed by atoms with Gasteiger partial charge in [-0.2, -0.15) is 0 Å². The van der Waals surface area contributed by atoms with Gasteiger partial charge in [0, 0.05) is 18.5 Å². The molecule has 0 radical (unpaired) electrons. The van der Waals surface area contributed by atoms with Gasteiger partial charge < -0.3 is 10.1 Å². The first-order chi connectivity index (χ1) is 7.29. The third-order valence-corrected chi connectivity index (χ3v) is 2.46. The van der Waals surface area contributed by atoms with E-state index in [4.69, 9.17) is 4.74 Å². The van der Waals surface area contributed by atoms with Crippen LogP contribution < -0.4 is 5.32 Å². The second-order valence-electron chi connectivity index (χ2n) is 3.70. The zero-order chi connectivity index (χ0) is 10.9. The number of unbranched alkanes of at least 4 members (excludes halogenated alkanes) is 1. The van der Waals surface area contributed by atoms with Gasteiger partial charge in [-0.15, -0.1) is 5.10 Å². The van der Waals surface area contributed by atoms with Crippen LogP contribution >= 0.6 is 11.5 Å². The molecule has 15 heavy (non-hydrogen) atoms. The molecular weight excluding hydrogens is 210 g/mol. The first-order valence-corrected chi connectivity index (χ1v) is 6.21. The standard InChI is InChI=1S/C10H19N3OS/c1-9(2)14-6-4-3-5-11-7-10-8-15-13-12-10/h8-9,11H,3-7H2,1-2H3. The van der Waals surface area contributed by atoms with Crippen molar-refractivity contribution in [3.63, 3.8) is 0 Å². The summed E-state index contributed by atoms with van der Waals surface area (Å²) in [5.41, 5.74) is 1.03. The van der Waals surface area contributed by atoms with Crippen molar-refractivity contribution in [3.8, 4) is 0 Å². The highest BCUT2D eigenvalue weighted by Gasteiger charge is 1.96. The lowest BCUT2D eigenvalue weighted by atomic mass is 10.3. The Bertz CT molecular complexity index is 239. The summed E-state index contributed by atoms with van der Waals surface area (Å²) >= 11 is 1.39. The molecule has 86 valence electrons. The third-order valence-electron chi connectivity index (χ3n) is 1.91. The lowest BCUT2D eigenvalue weighted by molar-refractivity contribution is 0.0760. The van der Waals surface area contributed by atoms with Crippen LogP contribution in [0, 0.1) is 0 Å². The highest BCUT2D eigenvalue weighted by molar-refractivity contribution is 7.03. The van der Waals surface area contributed by atoms with E-state index in [1.165, 1.54) is 11.5 Å². The first kappa shape index (κ1) is 12.5. The molecule has 0 saturated carbocycles. The Morgan fingerprint density at radius 1 is 1.47 bits per heavy atom. The maximum atomic E-state index is 5.45. The minimum absolute atomic E-state index is 0.346. The number of nitrogens with zero attached hydrogens (tertiary/aromatic N) is 2. The van der Waals surface area contributed by atoms with Gasteiger partial charge in [0.1, 0.15) is 0 Å². The van der Waals surface area contributed by atoms with Crippen molar-refractivity contribution in [2.24, 2.45) is 0 Å². The van der Waals surface area contributed by atoms with Crippen molar-refractivity contribution in [2.45, 2.75) is 39.3 Å². The van der Waals surface area contributed by atoms with E-state index in [2.05, 4.69) is 28.8 Å². The Morgan fingerprint density at radius 2 is 2.33 bits per heavy atom.